The normalized spacial score (nSPS) is 39.4. The van der Waals surface area contributed by atoms with Gasteiger partial charge in [0.05, 0.1) is 6.61 Å². The summed E-state index contributed by atoms with van der Waals surface area (Å²) in [6.07, 6.45) is 2.55. The van der Waals surface area contributed by atoms with Crippen molar-refractivity contribution in [1.29, 1.82) is 0 Å². The van der Waals surface area contributed by atoms with E-state index in [1.54, 1.807) is 0 Å². The van der Waals surface area contributed by atoms with Crippen LogP contribution in [0.5, 0.6) is 0 Å². The third kappa shape index (κ3) is 2.23. The molecule has 2 fully saturated rings. The number of ether oxygens (including phenoxy) is 1. The highest BCUT2D eigenvalue weighted by molar-refractivity contribution is 6.18. The van der Waals surface area contributed by atoms with Crippen molar-refractivity contribution in [3.63, 3.8) is 0 Å². The zero-order valence-corrected chi connectivity index (χ0v) is 9.67. The van der Waals surface area contributed by atoms with E-state index < -0.39 is 0 Å². The Bertz CT molecular complexity index is 182. The third-order valence-electron chi connectivity index (χ3n) is 3.67. The molecule has 0 aromatic carbocycles. The summed E-state index contributed by atoms with van der Waals surface area (Å²) >= 11 is 6.01. The van der Waals surface area contributed by atoms with Crippen LogP contribution < -0.4 is 0 Å². The molecule has 2 heterocycles. The minimum Gasteiger partial charge on any atom is -0.381 e. The molecule has 82 valence electrons. The summed E-state index contributed by atoms with van der Waals surface area (Å²) in [6.45, 7) is 6.66. The minimum atomic E-state index is 0.609. The smallest absolute Gasteiger partial charge is 0.0507 e. The van der Waals surface area contributed by atoms with E-state index in [9.17, 15) is 0 Å². The first-order valence-electron chi connectivity index (χ1n) is 5.69. The van der Waals surface area contributed by atoms with E-state index in [4.69, 9.17) is 16.3 Å². The Morgan fingerprint density at radius 1 is 1.43 bits per heavy atom. The molecule has 3 heteroatoms. The molecule has 0 saturated carbocycles. The van der Waals surface area contributed by atoms with Gasteiger partial charge in [0.15, 0.2) is 0 Å². The summed E-state index contributed by atoms with van der Waals surface area (Å²) in [5, 5.41) is 0. The Morgan fingerprint density at radius 2 is 2.29 bits per heavy atom. The van der Waals surface area contributed by atoms with Crippen LogP contribution in [0.1, 0.15) is 19.8 Å². The lowest BCUT2D eigenvalue weighted by Gasteiger charge is -2.27. The molecule has 0 aliphatic carbocycles. The van der Waals surface area contributed by atoms with Crippen LogP contribution in [0.15, 0.2) is 0 Å². The van der Waals surface area contributed by atoms with Gasteiger partial charge in [-0.15, -0.1) is 11.6 Å². The van der Waals surface area contributed by atoms with E-state index in [0.717, 1.165) is 30.9 Å². The molecule has 3 unspecified atom stereocenters. The van der Waals surface area contributed by atoms with Crippen molar-refractivity contribution in [3.05, 3.63) is 0 Å². The molecular weight excluding hydrogens is 198 g/mol. The average Bonchev–Trinajstić information content (AvgIpc) is 2.77. The predicted molar refractivity (Wildman–Crippen MR) is 58.8 cm³/mol. The maximum Gasteiger partial charge on any atom is 0.0507 e. The molecule has 0 aromatic rings. The maximum absolute atomic E-state index is 6.01. The van der Waals surface area contributed by atoms with E-state index in [1.165, 1.54) is 25.9 Å². The standard InChI is InChI=1S/C11H20ClNO/c1-9-2-4-13(11(9)6-12)7-10-3-5-14-8-10/h9-11H,2-8H2,1H3. The van der Waals surface area contributed by atoms with Crippen molar-refractivity contribution in [2.75, 3.05) is 32.2 Å². The van der Waals surface area contributed by atoms with Crippen molar-refractivity contribution in [2.45, 2.75) is 25.8 Å². The molecule has 0 spiro atoms. The minimum absolute atomic E-state index is 0.609. The zero-order chi connectivity index (χ0) is 9.97. The second kappa shape index (κ2) is 4.82. The van der Waals surface area contributed by atoms with E-state index >= 15 is 0 Å². The number of hydrogen-bond donors (Lipinski definition) is 0. The molecule has 2 nitrogen and oxygen atoms in total. The Hall–Kier alpha value is 0.210. The molecule has 2 aliphatic heterocycles. The van der Waals surface area contributed by atoms with Crippen molar-refractivity contribution >= 4 is 11.6 Å². The van der Waals surface area contributed by atoms with Crippen LogP contribution in [-0.2, 0) is 4.74 Å². The first-order valence-corrected chi connectivity index (χ1v) is 6.22. The fourth-order valence-electron chi connectivity index (χ4n) is 2.62. The van der Waals surface area contributed by atoms with Crippen LogP contribution in [0.2, 0.25) is 0 Å². The van der Waals surface area contributed by atoms with Crippen LogP contribution in [0.25, 0.3) is 0 Å². The fourth-order valence-corrected chi connectivity index (χ4v) is 3.12. The van der Waals surface area contributed by atoms with Gasteiger partial charge in [0.1, 0.15) is 0 Å². The number of hydrogen-bond acceptors (Lipinski definition) is 2. The molecule has 2 rings (SSSR count). The van der Waals surface area contributed by atoms with E-state index in [2.05, 4.69) is 11.8 Å². The molecular formula is C11H20ClNO. The quantitative estimate of drug-likeness (QED) is 0.671. The largest absolute Gasteiger partial charge is 0.381 e. The van der Waals surface area contributed by atoms with Gasteiger partial charge in [-0.1, -0.05) is 6.92 Å². The SMILES string of the molecule is CC1CCN(CC2CCOC2)C1CCl. The first kappa shape index (κ1) is 10.7. The molecule has 2 aliphatic rings. The molecule has 14 heavy (non-hydrogen) atoms. The summed E-state index contributed by atoms with van der Waals surface area (Å²) < 4.78 is 5.40. The van der Waals surface area contributed by atoms with Crippen LogP contribution in [0, 0.1) is 11.8 Å². The van der Waals surface area contributed by atoms with Crippen molar-refractivity contribution in [3.8, 4) is 0 Å². The summed E-state index contributed by atoms with van der Waals surface area (Å²) in [7, 11) is 0. The average molecular weight is 218 g/mol. The van der Waals surface area contributed by atoms with Gasteiger partial charge in [-0.25, -0.2) is 0 Å². The fraction of sp³-hybridized carbons (Fsp3) is 1.00. The first-order chi connectivity index (χ1) is 6.81. The highest BCUT2D eigenvalue weighted by atomic mass is 35.5. The molecule has 3 atom stereocenters. The zero-order valence-electron chi connectivity index (χ0n) is 8.92. The molecule has 0 bridgehead atoms. The number of halogens is 1. The van der Waals surface area contributed by atoms with Crippen LogP contribution >= 0.6 is 11.6 Å². The second-order valence-electron chi connectivity index (χ2n) is 4.71. The van der Waals surface area contributed by atoms with Crippen LogP contribution in [-0.4, -0.2) is 43.1 Å². The van der Waals surface area contributed by atoms with Crippen molar-refractivity contribution in [1.82, 2.24) is 4.90 Å². The third-order valence-corrected chi connectivity index (χ3v) is 3.99. The van der Waals surface area contributed by atoms with Crippen molar-refractivity contribution < 1.29 is 4.74 Å². The van der Waals surface area contributed by atoms with Gasteiger partial charge < -0.3 is 4.74 Å². The van der Waals surface area contributed by atoms with Gasteiger partial charge in [-0.3, -0.25) is 4.90 Å². The lowest BCUT2D eigenvalue weighted by molar-refractivity contribution is 0.162. The topological polar surface area (TPSA) is 12.5 Å². The summed E-state index contributed by atoms with van der Waals surface area (Å²) in [5.41, 5.74) is 0. The monoisotopic (exact) mass is 217 g/mol. The number of likely N-dealkylation sites (tertiary alicyclic amines) is 1. The highest BCUT2D eigenvalue weighted by Crippen LogP contribution is 2.27. The molecule has 0 radical (unpaired) electrons. The Labute approximate surface area is 91.6 Å². The van der Waals surface area contributed by atoms with E-state index in [0.29, 0.717) is 6.04 Å². The van der Waals surface area contributed by atoms with Gasteiger partial charge in [-0.2, -0.15) is 0 Å². The summed E-state index contributed by atoms with van der Waals surface area (Å²) in [6, 6.07) is 0.609. The molecule has 0 aromatic heterocycles. The lowest BCUT2D eigenvalue weighted by Crippen LogP contribution is -2.37. The van der Waals surface area contributed by atoms with Crippen LogP contribution in [0.4, 0.5) is 0 Å². The Morgan fingerprint density at radius 3 is 2.93 bits per heavy atom. The number of nitrogens with zero attached hydrogens (tertiary/aromatic N) is 1. The van der Waals surface area contributed by atoms with Gasteiger partial charge in [0.25, 0.3) is 0 Å². The number of rotatable bonds is 3. The highest BCUT2D eigenvalue weighted by Gasteiger charge is 2.32. The molecule has 0 amide bonds. The lowest BCUT2D eigenvalue weighted by atomic mass is 10.0. The van der Waals surface area contributed by atoms with Crippen molar-refractivity contribution in [2.24, 2.45) is 11.8 Å². The summed E-state index contributed by atoms with van der Waals surface area (Å²) in [4.78, 5) is 2.57. The van der Waals surface area contributed by atoms with Gasteiger partial charge >= 0.3 is 0 Å². The number of alkyl halides is 1. The Kier molecular flexibility index (Phi) is 3.69. The second-order valence-corrected chi connectivity index (χ2v) is 5.02. The Balaban J connectivity index is 1.84. The molecule has 0 N–H and O–H groups in total. The van der Waals surface area contributed by atoms with Gasteiger partial charge in [-0.05, 0) is 31.2 Å². The van der Waals surface area contributed by atoms with E-state index in [-0.39, 0.29) is 0 Å². The predicted octanol–water partition coefficient (Wildman–Crippen LogP) is 1.97. The van der Waals surface area contributed by atoms with Gasteiger partial charge in [0, 0.05) is 25.1 Å². The maximum atomic E-state index is 6.01. The van der Waals surface area contributed by atoms with Crippen LogP contribution in [0.3, 0.4) is 0 Å². The van der Waals surface area contributed by atoms with Gasteiger partial charge in [0.2, 0.25) is 0 Å². The molecule has 2 saturated heterocycles. The summed E-state index contributed by atoms with van der Waals surface area (Å²) in [5.74, 6) is 2.32. The van der Waals surface area contributed by atoms with E-state index in [1.807, 2.05) is 0 Å².